The lowest BCUT2D eigenvalue weighted by Gasteiger charge is -2.64. The lowest BCUT2D eigenvalue weighted by molar-refractivity contribution is -0.175. The molecule has 0 amide bonds. The number of phenolic OH excluding ortho intramolecular Hbond substituents is 1. The summed E-state index contributed by atoms with van der Waals surface area (Å²) in [6, 6.07) is 13.9. The highest BCUT2D eigenvalue weighted by atomic mass is 16.5. The molecule has 1 saturated heterocycles. The first-order valence-corrected chi connectivity index (χ1v) is 12.3. The molecule has 3 fully saturated rings. The van der Waals surface area contributed by atoms with Gasteiger partial charge in [0.05, 0.1) is 16.7 Å². The molecule has 6 nitrogen and oxygen atoms in total. The molecule has 2 saturated carbocycles. The number of hydrogen-bond donors (Lipinski definition) is 3. The molecule has 0 aromatic heterocycles. The van der Waals surface area contributed by atoms with Crippen molar-refractivity contribution >= 4 is 5.71 Å². The molecular formula is C27H30N2O4. The van der Waals surface area contributed by atoms with Crippen molar-refractivity contribution in [2.75, 3.05) is 13.1 Å². The van der Waals surface area contributed by atoms with Gasteiger partial charge in [0, 0.05) is 30.5 Å². The number of oxime groups is 1. The van der Waals surface area contributed by atoms with Crippen LogP contribution in [0.2, 0.25) is 0 Å². The lowest BCUT2D eigenvalue weighted by Crippen LogP contribution is -2.78. The first kappa shape index (κ1) is 19.9. The maximum Gasteiger partial charge on any atom is 0.165 e. The summed E-state index contributed by atoms with van der Waals surface area (Å²) in [6.07, 6.45) is 4.68. The van der Waals surface area contributed by atoms with Crippen molar-refractivity contribution in [3.63, 3.8) is 0 Å². The van der Waals surface area contributed by atoms with Gasteiger partial charge in [0.1, 0.15) is 6.10 Å². The van der Waals surface area contributed by atoms with E-state index < -0.39 is 11.0 Å². The maximum absolute atomic E-state index is 12.6. The molecule has 2 heterocycles. The van der Waals surface area contributed by atoms with Crippen molar-refractivity contribution in [2.24, 2.45) is 17.0 Å². The first-order chi connectivity index (χ1) is 16.0. The average Bonchev–Trinajstić information content (AvgIpc) is 3.56. The second-order valence-corrected chi connectivity index (χ2v) is 10.9. The Hall–Kier alpha value is -2.57. The summed E-state index contributed by atoms with van der Waals surface area (Å²) < 4.78 is 6.60. The molecule has 3 aliphatic carbocycles. The molecule has 2 aromatic carbocycles. The highest BCUT2D eigenvalue weighted by molar-refractivity contribution is 5.91. The third-order valence-corrected chi connectivity index (χ3v) is 9.23. The van der Waals surface area contributed by atoms with Gasteiger partial charge in [0.15, 0.2) is 11.5 Å². The highest BCUT2D eigenvalue weighted by Gasteiger charge is 2.74. The smallest absolute Gasteiger partial charge is 0.165 e. The number of nitrogens with zero attached hydrogens (tertiary/aromatic N) is 2. The van der Waals surface area contributed by atoms with Crippen molar-refractivity contribution in [3.05, 3.63) is 59.2 Å². The third-order valence-electron chi connectivity index (χ3n) is 9.23. The van der Waals surface area contributed by atoms with E-state index in [1.165, 1.54) is 18.4 Å². The normalized spacial score (nSPS) is 37.6. The maximum atomic E-state index is 12.6. The number of phenols is 1. The number of hydrogen-bond acceptors (Lipinski definition) is 6. The van der Waals surface area contributed by atoms with Crippen LogP contribution in [0, 0.1) is 11.8 Å². The fourth-order valence-electron chi connectivity index (χ4n) is 7.62. The van der Waals surface area contributed by atoms with E-state index in [2.05, 4.69) is 22.2 Å². The number of piperidine rings is 1. The Labute approximate surface area is 193 Å². The highest BCUT2D eigenvalue weighted by Crippen LogP contribution is 2.66. The second kappa shape index (κ2) is 6.73. The number of aromatic hydroxyl groups is 1. The van der Waals surface area contributed by atoms with E-state index in [4.69, 9.17) is 4.74 Å². The lowest BCUT2D eigenvalue weighted by atomic mass is 9.46. The van der Waals surface area contributed by atoms with Crippen molar-refractivity contribution in [1.29, 1.82) is 0 Å². The largest absolute Gasteiger partial charge is 0.504 e. The van der Waals surface area contributed by atoms with E-state index in [1.54, 1.807) is 6.07 Å². The Morgan fingerprint density at radius 3 is 2.70 bits per heavy atom. The number of likely N-dealkylation sites (tertiary alicyclic amines) is 1. The van der Waals surface area contributed by atoms with Gasteiger partial charge >= 0.3 is 0 Å². The van der Waals surface area contributed by atoms with E-state index in [0.717, 1.165) is 43.0 Å². The Balaban J connectivity index is 1.40. The van der Waals surface area contributed by atoms with Crippen LogP contribution in [-0.4, -0.2) is 56.9 Å². The summed E-state index contributed by atoms with van der Waals surface area (Å²) in [5.74, 6) is 1.23. The van der Waals surface area contributed by atoms with E-state index >= 15 is 0 Å². The zero-order chi connectivity index (χ0) is 22.4. The van der Waals surface area contributed by atoms with Crippen LogP contribution in [0.4, 0.5) is 0 Å². The summed E-state index contributed by atoms with van der Waals surface area (Å²) in [5, 5.41) is 37.2. The predicted octanol–water partition coefficient (Wildman–Crippen LogP) is 3.26. The van der Waals surface area contributed by atoms with E-state index in [0.29, 0.717) is 24.3 Å². The Morgan fingerprint density at radius 2 is 1.94 bits per heavy atom. The van der Waals surface area contributed by atoms with Crippen LogP contribution in [0.5, 0.6) is 11.5 Å². The molecule has 172 valence electrons. The fraction of sp³-hybridized carbons (Fsp3) is 0.519. The van der Waals surface area contributed by atoms with Crippen LogP contribution in [0.3, 0.4) is 0 Å². The van der Waals surface area contributed by atoms with Gasteiger partial charge in [0.25, 0.3) is 0 Å². The summed E-state index contributed by atoms with van der Waals surface area (Å²) in [4.78, 5) is 2.49. The molecule has 7 rings (SSSR count). The van der Waals surface area contributed by atoms with Gasteiger partial charge in [-0.05, 0) is 61.8 Å². The molecular weight excluding hydrogens is 416 g/mol. The molecule has 2 bridgehead atoms. The van der Waals surface area contributed by atoms with Crippen LogP contribution in [0.25, 0.3) is 0 Å². The number of benzene rings is 2. The van der Waals surface area contributed by atoms with Crippen LogP contribution in [0.15, 0.2) is 47.6 Å². The van der Waals surface area contributed by atoms with E-state index in [-0.39, 0.29) is 23.8 Å². The number of aliphatic hydroxyl groups is 1. The van der Waals surface area contributed by atoms with Gasteiger partial charge in [-0.25, -0.2) is 0 Å². The molecule has 5 atom stereocenters. The molecule has 2 aliphatic heterocycles. The number of ether oxygens (including phenoxy) is 1. The van der Waals surface area contributed by atoms with Gasteiger partial charge in [0.2, 0.25) is 0 Å². The van der Waals surface area contributed by atoms with Crippen LogP contribution in [0.1, 0.15) is 42.4 Å². The van der Waals surface area contributed by atoms with Crippen LogP contribution in [-0.2, 0) is 18.3 Å². The SMILES string of the molecule is ON=C1C[C@@]2(O)[C@H]3Cc4ccc(O)c5c4[C@@]2(CCN3CC2CC2)C(O5)C1Cc1ccccc1. The monoisotopic (exact) mass is 446 g/mol. The molecule has 1 spiro atoms. The van der Waals surface area contributed by atoms with Gasteiger partial charge in [-0.3, -0.25) is 4.90 Å². The summed E-state index contributed by atoms with van der Waals surface area (Å²) in [7, 11) is 0. The summed E-state index contributed by atoms with van der Waals surface area (Å²) in [6.45, 7) is 1.94. The molecule has 3 N–H and O–H groups in total. The minimum atomic E-state index is -1.09. The Kier molecular flexibility index (Phi) is 4.05. The molecule has 0 radical (unpaired) electrons. The van der Waals surface area contributed by atoms with Crippen molar-refractivity contribution in [3.8, 4) is 11.5 Å². The minimum absolute atomic E-state index is 0.0460. The average molecular weight is 447 g/mol. The zero-order valence-electron chi connectivity index (χ0n) is 18.7. The van der Waals surface area contributed by atoms with E-state index in [9.17, 15) is 15.4 Å². The standard InChI is InChI=1S/C27H30N2O4/c30-21-9-8-18-13-22-27(31)14-20(28-32)19(12-16-4-2-1-3-5-16)25-26(27,23(18)24(21)33-25)10-11-29(22)15-17-6-7-17/h1-5,8-9,17,19,22,25,30-32H,6-7,10-15H2/t19?,22-,25?,26+,27-/m1/s1. The van der Waals surface area contributed by atoms with Crippen LogP contribution < -0.4 is 4.74 Å². The number of rotatable bonds is 4. The van der Waals surface area contributed by atoms with Gasteiger partial charge < -0.3 is 20.2 Å². The van der Waals surface area contributed by atoms with Gasteiger partial charge in [-0.1, -0.05) is 41.6 Å². The van der Waals surface area contributed by atoms with Crippen LogP contribution >= 0.6 is 0 Å². The van der Waals surface area contributed by atoms with Gasteiger partial charge in [-0.2, -0.15) is 0 Å². The molecule has 2 unspecified atom stereocenters. The third kappa shape index (κ3) is 2.54. The van der Waals surface area contributed by atoms with E-state index in [1.807, 2.05) is 24.3 Å². The summed E-state index contributed by atoms with van der Waals surface area (Å²) in [5.41, 5.74) is 2.25. The molecule has 5 aliphatic rings. The van der Waals surface area contributed by atoms with Crippen molar-refractivity contribution in [2.45, 2.75) is 61.7 Å². The fourth-order valence-corrected chi connectivity index (χ4v) is 7.62. The minimum Gasteiger partial charge on any atom is -0.504 e. The zero-order valence-corrected chi connectivity index (χ0v) is 18.7. The Bertz CT molecular complexity index is 1150. The second-order valence-electron chi connectivity index (χ2n) is 10.9. The van der Waals surface area contributed by atoms with Crippen molar-refractivity contribution < 1.29 is 20.2 Å². The first-order valence-electron chi connectivity index (χ1n) is 12.3. The predicted molar refractivity (Wildman–Crippen MR) is 123 cm³/mol. The molecule has 33 heavy (non-hydrogen) atoms. The molecule has 2 aromatic rings. The quantitative estimate of drug-likeness (QED) is 0.496. The Morgan fingerprint density at radius 1 is 1.12 bits per heavy atom. The summed E-state index contributed by atoms with van der Waals surface area (Å²) >= 11 is 0. The topological polar surface area (TPSA) is 85.5 Å². The molecule has 6 heteroatoms. The van der Waals surface area contributed by atoms with Crippen molar-refractivity contribution in [1.82, 2.24) is 4.90 Å². The van der Waals surface area contributed by atoms with Gasteiger partial charge in [-0.15, -0.1) is 0 Å².